The molecule has 1 aromatic carbocycles. The minimum absolute atomic E-state index is 1.03. The van der Waals surface area contributed by atoms with Crippen LogP contribution in [0.15, 0.2) is 22.6 Å². The molecule has 0 spiro atoms. The maximum absolute atomic E-state index is 5.77. The van der Waals surface area contributed by atoms with Crippen LogP contribution in [0.25, 0.3) is 11.0 Å². The predicted octanol–water partition coefficient (Wildman–Crippen LogP) is 4.00. The van der Waals surface area contributed by atoms with Crippen molar-refractivity contribution >= 4 is 11.0 Å². The van der Waals surface area contributed by atoms with Crippen LogP contribution in [-0.2, 0) is 6.42 Å². The molecule has 0 aliphatic carbocycles. The zero-order valence-electron chi connectivity index (χ0n) is 9.05. The van der Waals surface area contributed by atoms with E-state index < -0.39 is 0 Å². The van der Waals surface area contributed by atoms with Gasteiger partial charge in [0.05, 0.1) is 0 Å². The molecule has 0 amide bonds. The van der Waals surface area contributed by atoms with E-state index in [2.05, 4.69) is 39.0 Å². The Morgan fingerprint density at radius 3 is 2.64 bits per heavy atom. The molecule has 14 heavy (non-hydrogen) atoms. The number of hydrogen-bond acceptors (Lipinski definition) is 1. The normalized spacial score (nSPS) is 11.1. The third-order valence-electron chi connectivity index (χ3n) is 2.54. The van der Waals surface area contributed by atoms with E-state index in [1.54, 1.807) is 0 Å². The Kier molecular flexibility index (Phi) is 2.32. The number of benzene rings is 1. The van der Waals surface area contributed by atoms with Crippen molar-refractivity contribution in [3.8, 4) is 0 Å². The van der Waals surface area contributed by atoms with Crippen LogP contribution in [0.3, 0.4) is 0 Å². The Balaban J connectivity index is 2.58. The maximum atomic E-state index is 5.77. The van der Waals surface area contributed by atoms with Crippen molar-refractivity contribution < 1.29 is 4.42 Å². The molecule has 0 aliphatic rings. The summed E-state index contributed by atoms with van der Waals surface area (Å²) in [6, 6.07) is 6.49. The van der Waals surface area contributed by atoms with Gasteiger partial charge in [-0.2, -0.15) is 0 Å². The molecule has 0 unspecified atom stereocenters. The molecule has 1 nitrogen and oxygen atoms in total. The summed E-state index contributed by atoms with van der Waals surface area (Å²) in [5, 5.41) is 1.26. The molecule has 0 radical (unpaired) electrons. The SMILES string of the molecule is CCCc1cc2c(C)cc(C)cc2o1. The number of furan rings is 1. The van der Waals surface area contributed by atoms with E-state index in [1.807, 2.05) is 0 Å². The van der Waals surface area contributed by atoms with Crippen LogP contribution < -0.4 is 0 Å². The minimum atomic E-state index is 1.03. The lowest BCUT2D eigenvalue weighted by Gasteiger charge is -1.96. The van der Waals surface area contributed by atoms with Crippen LogP contribution >= 0.6 is 0 Å². The van der Waals surface area contributed by atoms with Crippen LogP contribution in [0.2, 0.25) is 0 Å². The molecule has 0 saturated heterocycles. The van der Waals surface area contributed by atoms with Gasteiger partial charge in [0.1, 0.15) is 11.3 Å². The van der Waals surface area contributed by atoms with E-state index in [4.69, 9.17) is 4.42 Å². The third kappa shape index (κ3) is 1.54. The van der Waals surface area contributed by atoms with Crippen molar-refractivity contribution in [2.24, 2.45) is 0 Å². The topological polar surface area (TPSA) is 13.1 Å². The summed E-state index contributed by atoms with van der Waals surface area (Å²) in [5.41, 5.74) is 3.62. The van der Waals surface area contributed by atoms with Gasteiger partial charge in [-0.05, 0) is 43.5 Å². The summed E-state index contributed by atoms with van der Waals surface area (Å²) in [6.07, 6.45) is 2.17. The highest BCUT2D eigenvalue weighted by Gasteiger charge is 2.05. The molecule has 0 fully saturated rings. The van der Waals surface area contributed by atoms with Gasteiger partial charge in [0.25, 0.3) is 0 Å². The van der Waals surface area contributed by atoms with Crippen molar-refractivity contribution in [1.29, 1.82) is 0 Å². The minimum Gasteiger partial charge on any atom is -0.461 e. The van der Waals surface area contributed by atoms with E-state index in [9.17, 15) is 0 Å². The molecular formula is C13H16O. The van der Waals surface area contributed by atoms with Gasteiger partial charge in [0.2, 0.25) is 0 Å². The van der Waals surface area contributed by atoms with Gasteiger partial charge in [-0.15, -0.1) is 0 Å². The molecule has 2 rings (SSSR count). The first kappa shape index (κ1) is 9.32. The van der Waals surface area contributed by atoms with Crippen molar-refractivity contribution in [2.75, 3.05) is 0 Å². The molecule has 0 atom stereocenters. The van der Waals surface area contributed by atoms with E-state index in [1.165, 1.54) is 16.5 Å². The van der Waals surface area contributed by atoms with E-state index in [-0.39, 0.29) is 0 Å². The Morgan fingerprint density at radius 1 is 1.14 bits per heavy atom. The Morgan fingerprint density at radius 2 is 1.93 bits per heavy atom. The molecule has 0 saturated carbocycles. The average molecular weight is 188 g/mol. The molecule has 2 aromatic rings. The van der Waals surface area contributed by atoms with Crippen molar-refractivity contribution in [2.45, 2.75) is 33.6 Å². The molecule has 0 aliphatic heterocycles. The second kappa shape index (κ2) is 3.49. The number of rotatable bonds is 2. The highest BCUT2D eigenvalue weighted by atomic mass is 16.3. The second-order valence-electron chi connectivity index (χ2n) is 3.96. The quantitative estimate of drug-likeness (QED) is 0.694. The van der Waals surface area contributed by atoms with Gasteiger partial charge < -0.3 is 4.42 Å². The Labute approximate surface area is 84.7 Å². The van der Waals surface area contributed by atoms with Crippen LogP contribution in [0.4, 0.5) is 0 Å². The zero-order chi connectivity index (χ0) is 10.1. The van der Waals surface area contributed by atoms with Crippen LogP contribution in [0.1, 0.15) is 30.2 Å². The molecule has 1 heteroatoms. The zero-order valence-corrected chi connectivity index (χ0v) is 9.05. The van der Waals surface area contributed by atoms with E-state index in [0.29, 0.717) is 0 Å². The van der Waals surface area contributed by atoms with Gasteiger partial charge in [0, 0.05) is 11.8 Å². The van der Waals surface area contributed by atoms with Crippen molar-refractivity contribution in [1.82, 2.24) is 0 Å². The molecule has 0 bridgehead atoms. The van der Waals surface area contributed by atoms with Gasteiger partial charge in [-0.1, -0.05) is 13.0 Å². The largest absolute Gasteiger partial charge is 0.461 e. The summed E-state index contributed by atoms with van der Waals surface area (Å²) in [5.74, 6) is 1.11. The van der Waals surface area contributed by atoms with Crippen LogP contribution in [-0.4, -0.2) is 0 Å². The Hall–Kier alpha value is -1.24. The standard InChI is InChI=1S/C13H16O/c1-4-5-11-8-12-10(3)6-9(2)7-13(12)14-11/h6-8H,4-5H2,1-3H3. The molecule has 1 aromatic heterocycles. The van der Waals surface area contributed by atoms with Crippen molar-refractivity contribution in [3.05, 3.63) is 35.1 Å². The lowest BCUT2D eigenvalue weighted by atomic mass is 10.1. The Bertz CT molecular complexity index is 451. The lowest BCUT2D eigenvalue weighted by Crippen LogP contribution is -1.76. The summed E-state index contributed by atoms with van der Waals surface area (Å²) in [7, 11) is 0. The first-order chi connectivity index (χ1) is 6.70. The van der Waals surface area contributed by atoms with Crippen LogP contribution in [0.5, 0.6) is 0 Å². The van der Waals surface area contributed by atoms with Crippen molar-refractivity contribution in [3.63, 3.8) is 0 Å². The fourth-order valence-corrected chi connectivity index (χ4v) is 1.91. The third-order valence-corrected chi connectivity index (χ3v) is 2.54. The van der Waals surface area contributed by atoms with Crippen LogP contribution in [0, 0.1) is 13.8 Å². The number of fused-ring (bicyclic) bond motifs is 1. The smallest absolute Gasteiger partial charge is 0.134 e. The fraction of sp³-hybridized carbons (Fsp3) is 0.385. The average Bonchev–Trinajstić information content (AvgIpc) is 2.48. The maximum Gasteiger partial charge on any atom is 0.134 e. The highest BCUT2D eigenvalue weighted by Crippen LogP contribution is 2.24. The first-order valence-electron chi connectivity index (χ1n) is 5.20. The monoisotopic (exact) mass is 188 g/mol. The molecular weight excluding hydrogens is 172 g/mol. The fourth-order valence-electron chi connectivity index (χ4n) is 1.91. The van der Waals surface area contributed by atoms with Gasteiger partial charge in [-0.25, -0.2) is 0 Å². The molecule has 1 heterocycles. The second-order valence-corrected chi connectivity index (χ2v) is 3.96. The highest BCUT2D eigenvalue weighted by molar-refractivity contribution is 5.82. The lowest BCUT2D eigenvalue weighted by molar-refractivity contribution is 0.544. The summed E-state index contributed by atoms with van der Waals surface area (Å²) in [6.45, 7) is 6.42. The van der Waals surface area contributed by atoms with Gasteiger partial charge in [0.15, 0.2) is 0 Å². The van der Waals surface area contributed by atoms with Gasteiger partial charge in [-0.3, -0.25) is 0 Å². The summed E-state index contributed by atoms with van der Waals surface area (Å²) < 4.78 is 5.77. The van der Waals surface area contributed by atoms with E-state index in [0.717, 1.165) is 24.2 Å². The van der Waals surface area contributed by atoms with E-state index >= 15 is 0 Å². The molecule has 0 N–H and O–H groups in total. The summed E-state index contributed by atoms with van der Waals surface area (Å²) >= 11 is 0. The first-order valence-corrected chi connectivity index (χ1v) is 5.20. The number of aryl methyl sites for hydroxylation is 3. The molecule has 74 valence electrons. The predicted molar refractivity (Wildman–Crippen MR) is 59.7 cm³/mol. The summed E-state index contributed by atoms with van der Waals surface area (Å²) in [4.78, 5) is 0. The number of hydrogen-bond donors (Lipinski definition) is 0. The van der Waals surface area contributed by atoms with Gasteiger partial charge >= 0.3 is 0 Å².